The maximum Gasteiger partial charge on any atom is 0.408 e. The van der Waals surface area contributed by atoms with E-state index < -0.39 is 35.8 Å². The smallest absolute Gasteiger partial charge is 0.408 e. The molecule has 0 saturated carbocycles. The first-order valence-corrected chi connectivity index (χ1v) is 12.7. The zero-order valence-corrected chi connectivity index (χ0v) is 22.7. The van der Waals surface area contributed by atoms with Crippen LogP contribution in [0.1, 0.15) is 89.8 Å². The predicted octanol–water partition coefficient (Wildman–Crippen LogP) is 4.48. The molecule has 34 heavy (non-hydrogen) atoms. The predicted molar refractivity (Wildman–Crippen MR) is 132 cm³/mol. The average Bonchev–Trinajstić information content (AvgIpc) is 3.23. The number of esters is 2. The second-order valence-corrected chi connectivity index (χ2v) is 10.5. The summed E-state index contributed by atoms with van der Waals surface area (Å²) in [4.78, 5) is 42.2. The Morgan fingerprint density at radius 2 is 1.79 bits per heavy atom. The average molecular weight is 500 g/mol. The highest BCUT2D eigenvalue weighted by Crippen LogP contribution is 2.29. The SMILES string of the molecule is CCOC(=O)c1csc(C(CC(NC)C(C)C)OC(=O)C(NC(=O)OC(C)(C)C)C(C)CC)n1. The number of nitrogens with one attached hydrogen (secondary N) is 2. The molecular formula is C24H41N3O6S. The third-order valence-corrected chi connectivity index (χ3v) is 6.26. The molecule has 4 atom stereocenters. The Morgan fingerprint density at radius 1 is 1.15 bits per heavy atom. The van der Waals surface area contributed by atoms with Crippen molar-refractivity contribution in [3.63, 3.8) is 0 Å². The summed E-state index contributed by atoms with van der Waals surface area (Å²) >= 11 is 1.24. The van der Waals surface area contributed by atoms with Crippen LogP contribution < -0.4 is 10.6 Å². The number of thiazole rings is 1. The molecule has 0 radical (unpaired) electrons. The van der Waals surface area contributed by atoms with Crippen molar-refractivity contribution in [3.8, 4) is 0 Å². The van der Waals surface area contributed by atoms with Gasteiger partial charge in [-0.1, -0.05) is 34.1 Å². The van der Waals surface area contributed by atoms with Crippen molar-refractivity contribution in [2.75, 3.05) is 13.7 Å². The van der Waals surface area contributed by atoms with Crippen molar-refractivity contribution in [1.82, 2.24) is 15.6 Å². The summed E-state index contributed by atoms with van der Waals surface area (Å²) in [6.07, 6.45) is -0.279. The zero-order valence-electron chi connectivity index (χ0n) is 21.9. The van der Waals surface area contributed by atoms with Crippen LogP contribution in [0.25, 0.3) is 0 Å². The lowest BCUT2D eigenvalue weighted by molar-refractivity contribution is -0.154. The fourth-order valence-electron chi connectivity index (χ4n) is 3.20. The molecule has 1 rings (SSSR count). The Morgan fingerprint density at radius 3 is 2.29 bits per heavy atom. The van der Waals surface area contributed by atoms with Crippen LogP contribution in [0, 0.1) is 11.8 Å². The van der Waals surface area contributed by atoms with Gasteiger partial charge in [-0.15, -0.1) is 11.3 Å². The number of carbonyl (C=O) groups is 3. The van der Waals surface area contributed by atoms with Crippen molar-refractivity contribution in [1.29, 1.82) is 0 Å². The molecule has 1 heterocycles. The van der Waals surface area contributed by atoms with Gasteiger partial charge in [0.1, 0.15) is 16.7 Å². The molecule has 0 bridgehead atoms. The van der Waals surface area contributed by atoms with Gasteiger partial charge in [-0.25, -0.2) is 19.4 Å². The Kier molecular flexibility index (Phi) is 12.0. The first kappa shape index (κ1) is 29.8. The molecule has 0 fully saturated rings. The summed E-state index contributed by atoms with van der Waals surface area (Å²) in [6, 6.07) is -0.854. The summed E-state index contributed by atoms with van der Waals surface area (Å²) in [5, 5.41) is 8.02. The Labute approximate surface area is 207 Å². The van der Waals surface area contributed by atoms with Crippen LogP contribution in [0.3, 0.4) is 0 Å². The molecule has 0 aliphatic rings. The van der Waals surface area contributed by atoms with Gasteiger partial charge in [0, 0.05) is 17.8 Å². The topological polar surface area (TPSA) is 116 Å². The maximum absolute atomic E-state index is 13.3. The fraction of sp³-hybridized carbons (Fsp3) is 0.750. The molecule has 1 aromatic rings. The number of alkyl carbamates (subject to hydrolysis) is 1. The number of hydrogen-bond acceptors (Lipinski definition) is 9. The van der Waals surface area contributed by atoms with Crippen LogP contribution >= 0.6 is 11.3 Å². The van der Waals surface area contributed by atoms with E-state index in [0.29, 0.717) is 17.8 Å². The molecule has 10 heteroatoms. The van der Waals surface area contributed by atoms with Crippen LogP contribution in [0.15, 0.2) is 5.38 Å². The molecule has 4 unspecified atom stereocenters. The van der Waals surface area contributed by atoms with E-state index in [4.69, 9.17) is 14.2 Å². The number of ether oxygens (including phenoxy) is 3. The Bertz CT molecular complexity index is 805. The van der Waals surface area contributed by atoms with Crippen molar-refractivity contribution >= 4 is 29.4 Å². The summed E-state index contributed by atoms with van der Waals surface area (Å²) < 4.78 is 16.3. The van der Waals surface area contributed by atoms with E-state index in [0.717, 1.165) is 0 Å². The normalized spacial score (nSPS) is 15.2. The van der Waals surface area contributed by atoms with Gasteiger partial charge in [0.15, 0.2) is 11.8 Å². The molecule has 1 amide bonds. The second-order valence-electron chi connectivity index (χ2n) is 9.60. The van der Waals surface area contributed by atoms with E-state index in [1.165, 1.54) is 11.3 Å². The number of nitrogens with zero attached hydrogens (tertiary/aromatic N) is 1. The standard InChI is InChI=1S/C24H41N3O6S/c1-10-15(5)19(27-23(30)33-24(6,7)8)22(29)32-18(12-16(25-9)14(3)4)20-26-17(13-34-20)21(28)31-11-2/h13-16,18-19,25H,10-12H2,1-9H3,(H,27,30). The van der Waals surface area contributed by atoms with E-state index in [9.17, 15) is 14.4 Å². The highest BCUT2D eigenvalue weighted by atomic mass is 32.1. The maximum atomic E-state index is 13.3. The largest absolute Gasteiger partial charge is 0.461 e. The van der Waals surface area contributed by atoms with E-state index in [2.05, 4.69) is 29.5 Å². The molecule has 0 aliphatic heterocycles. The second kappa shape index (κ2) is 13.6. The van der Waals surface area contributed by atoms with E-state index in [1.54, 1.807) is 33.1 Å². The van der Waals surface area contributed by atoms with Crippen LogP contribution in [0.4, 0.5) is 4.79 Å². The summed E-state index contributed by atoms with van der Waals surface area (Å²) in [5.74, 6) is -1.01. The molecule has 194 valence electrons. The zero-order chi connectivity index (χ0) is 26.1. The van der Waals surface area contributed by atoms with E-state index in [-0.39, 0.29) is 30.2 Å². The number of hydrogen-bond donors (Lipinski definition) is 2. The lowest BCUT2D eigenvalue weighted by Gasteiger charge is -2.29. The van der Waals surface area contributed by atoms with Crippen molar-refractivity contribution in [2.24, 2.45) is 11.8 Å². The lowest BCUT2D eigenvalue weighted by atomic mass is 9.97. The molecule has 0 aromatic carbocycles. The summed E-state index contributed by atoms with van der Waals surface area (Å²) in [7, 11) is 1.85. The number of rotatable bonds is 12. The highest BCUT2D eigenvalue weighted by Gasteiger charge is 2.34. The third kappa shape index (κ3) is 9.58. The van der Waals surface area contributed by atoms with Gasteiger partial charge in [-0.3, -0.25) is 0 Å². The molecule has 0 saturated heterocycles. The minimum Gasteiger partial charge on any atom is -0.461 e. The van der Waals surface area contributed by atoms with Gasteiger partial charge in [0.2, 0.25) is 0 Å². The van der Waals surface area contributed by atoms with E-state index in [1.807, 2.05) is 20.9 Å². The number of carbonyl (C=O) groups excluding carboxylic acids is 3. The van der Waals surface area contributed by atoms with Gasteiger partial charge < -0.3 is 24.8 Å². The van der Waals surface area contributed by atoms with E-state index >= 15 is 0 Å². The van der Waals surface area contributed by atoms with Crippen molar-refractivity contribution in [3.05, 3.63) is 16.1 Å². The van der Waals surface area contributed by atoms with Crippen molar-refractivity contribution in [2.45, 2.75) is 92.0 Å². The van der Waals surface area contributed by atoms with Gasteiger partial charge >= 0.3 is 18.0 Å². The monoisotopic (exact) mass is 499 g/mol. The molecule has 9 nitrogen and oxygen atoms in total. The third-order valence-electron chi connectivity index (χ3n) is 5.32. The summed E-state index contributed by atoms with van der Waals surface area (Å²) in [5.41, 5.74) is -0.517. The minimum absolute atomic E-state index is 0.0357. The van der Waals surface area contributed by atoms with Gasteiger partial charge in [-0.2, -0.15) is 0 Å². The van der Waals surface area contributed by atoms with Gasteiger partial charge in [0.25, 0.3) is 0 Å². The molecule has 2 N–H and O–H groups in total. The Balaban J connectivity index is 3.18. The van der Waals surface area contributed by atoms with Crippen LogP contribution in [0.5, 0.6) is 0 Å². The lowest BCUT2D eigenvalue weighted by Crippen LogP contribution is -2.48. The first-order chi connectivity index (χ1) is 15.8. The summed E-state index contributed by atoms with van der Waals surface area (Å²) in [6.45, 7) is 15.2. The first-order valence-electron chi connectivity index (χ1n) is 11.8. The van der Waals surface area contributed by atoms with Gasteiger partial charge in [0.05, 0.1) is 6.61 Å². The highest BCUT2D eigenvalue weighted by molar-refractivity contribution is 7.09. The minimum atomic E-state index is -0.890. The van der Waals surface area contributed by atoms with Crippen LogP contribution in [-0.4, -0.2) is 54.4 Å². The van der Waals surface area contributed by atoms with Crippen molar-refractivity contribution < 1.29 is 28.6 Å². The molecule has 0 spiro atoms. The number of aromatic nitrogens is 1. The quantitative estimate of drug-likeness (QED) is 0.319. The molecular weight excluding hydrogens is 458 g/mol. The van der Waals surface area contributed by atoms with Gasteiger partial charge in [-0.05, 0) is 46.6 Å². The van der Waals surface area contributed by atoms with Crippen LogP contribution in [0.2, 0.25) is 0 Å². The molecule has 0 aliphatic carbocycles. The fourth-order valence-corrected chi connectivity index (χ4v) is 4.03. The molecule has 1 aromatic heterocycles. The van der Waals surface area contributed by atoms with Crippen LogP contribution in [-0.2, 0) is 19.0 Å². The Hall–Kier alpha value is -2.20. The number of amides is 1.